The highest BCUT2D eigenvalue weighted by atomic mass is 35.5. The van der Waals surface area contributed by atoms with Crippen LogP contribution in [0.5, 0.6) is 0 Å². The van der Waals surface area contributed by atoms with Gasteiger partial charge in [0.25, 0.3) is 0 Å². The highest BCUT2D eigenvalue weighted by molar-refractivity contribution is 6.30. The van der Waals surface area contributed by atoms with Crippen LogP contribution in [0, 0.1) is 17.8 Å². The fourth-order valence-electron chi connectivity index (χ4n) is 2.08. The van der Waals surface area contributed by atoms with Crippen molar-refractivity contribution in [3.8, 4) is 11.8 Å². The van der Waals surface area contributed by atoms with Gasteiger partial charge in [0.2, 0.25) is 0 Å². The van der Waals surface area contributed by atoms with Crippen molar-refractivity contribution >= 4 is 11.6 Å². The van der Waals surface area contributed by atoms with Crippen LogP contribution >= 0.6 is 11.6 Å². The molecule has 0 saturated carbocycles. The van der Waals surface area contributed by atoms with E-state index >= 15 is 0 Å². The van der Waals surface area contributed by atoms with E-state index in [0.717, 1.165) is 25.1 Å². The highest BCUT2D eigenvalue weighted by Crippen LogP contribution is 2.16. The molecule has 1 aliphatic heterocycles. The van der Waals surface area contributed by atoms with Crippen molar-refractivity contribution in [1.82, 2.24) is 4.90 Å². The maximum atomic E-state index is 9.79. The molecule has 2 nitrogen and oxygen atoms in total. The third kappa shape index (κ3) is 3.74. The molecular formula is C15H18ClNO. The summed E-state index contributed by atoms with van der Waals surface area (Å²) in [5.74, 6) is 6.65. The second-order valence-electron chi connectivity index (χ2n) is 4.88. The SMILES string of the molecule is CC1CCN(CC#Cc2cccc(Cl)c2)CC1O. The molecule has 1 saturated heterocycles. The van der Waals surface area contributed by atoms with Gasteiger partial charge in [-0.25, -0.2) is 0 Å². The maximum absolute atomic E-state index is 9.79. The number of aliphatic hydroxyl groups is 1. The van der Waals surface area contributed by atoms with Crippen LogP contribution in [0.2, 0.25) is 5.02 Å². The standard InChI is InChI=1S/C15H18ClNO/c1-12-7-9-17(11-15(12)18)8-3-5-13-4-2-6-14(16)10-13/h2,4,6,10,12,15,18H,7-9,11H2,1H3. The topological polar surface area (TPSA) is 23.5 Å². The molecule has 1 aromatic carbocycles. The minimum Gasteiger partial charge on any atom is -0.392 e. The zero-order valence-electron chi connectivity index (χ0n) is 10.6. The Bertz CT molecular complexity index is 463. The minimum absolute atomic E-state index is 0.216. The molecule has 18 heavy (non-hydrogen) atoms. The molecule has 2 rings (SSSR count). The summed E-state index contributed by atoms with van der Waals surface area (Å²) in [6.45, 7) is 4.55. The van der Waals surface area contributed by atoms with Crippen LogP contribution in [0.25, 0.3) is 0 Å². The van der Waals surface area contributed by atoms with Gasteiger partial charge in [0.1, 0.15) is 0 Å². The summed E-state index contributed by atoms with van der Waals surface area (Å²) in [6, 6.07) is 7.56. The van der Waals surface area contributed by atoms with Gasteiger partial charge in [-0.15, -0.1) is 0 Å². The van der Waals surface area contributed by atoms with E-state index in [4.69, 9.17) is 11.6 Å². The summed E-state index contributed by atoms with van der Waals surface area (Å²) in [5.41, 5.74) is 0.938. The monoisotopic (exact) mass is 263 g/mol. The lowest BCUT2D eigenvalue weighted by atomic mass is 9.96. The molecule has 96 valence electrons. The number of hydrogen-bond donors (Lipinski definition) is 1. The van der Waals surface area contributed by atoms with Gasteiger partial charge in [-0.1, -0.05) is 36.4 Å². The molecule has 1 aliphatic rings. The number of hydrogen-bond acceptors (Lipinski definition) is 2. The van der Waals surface area contributed by atoms with Crippen LogP contribution in [-0.2, 0) is 0 Å². The van der Waals surface area contributed by atoms with Crippen molar-refractivity contribution in [2.24, 2.45) is 5.92 Å². The Kier molecular flexibility index (Phi) is 4.66. The zero-order chi connectivity index (χ0) is 13.0. The molecule has 0 amide bonds. The van der Waals surface area contributed by atoms with E-state index < -0.39 is 0 Å². The molecule has 0 radical (unpaired) electrons. The molecule has 1 aromatic rings. The molecule has 0 bridgehead atoms. The molecular weight excluding hydrogens is 246 g/mol. The Balaban J connectivity index is 1.89. The maximum Gasteiger partial charge on any atom is 0.0693 e. The lowest BCUT2D eigenvalue weighted by Crippen LogP contribution is -2.42. The van der Waals surface area contributed by atoms with Crippen LogP contribution in [-0.4, -0.2) is 35.7 Å². The van der Waals surface area contributed by atoms with E-state index in [9.17, 15) is 5.11 Å². The predicted octanol–water partition coefficient (Wildman–Crippen LogP) is 2.39. The summed E-state index contributed by atoms with van der Waals surface area (Å²) in [4.78, 5) is 2.20. The van der Waals surface area contributed by atoms with Crippen LogP contribution in [0.15, 0.2) is 24.3 Å². The van der Waals surface area contributed by atoms with Gasteiger partial charge in [-0.05, 0) is 37.1 Å². The van der Waals surface area contributed by atoms with Crippen molar-refractivity contribution in [2.75, 3.05) is 19.6 Å². The van der Waals surface area contributed by atoms with E-state index in [2.05, 4.69) is 23.7 Å². The fourth-order valence-corrected chi connectivity index (χ4v) is 2.27. The first-order valence-electron chi connectivity index (χ1n) is 6.30. The van der Waals surface area contributed by atoms with E-state index in [0.29, 0.717) is 17.5 Å². The van der Waals surface area contributed by atoms with Gasteiger partial charge in [0.15, 0.2) is 0 Å². The van der Waals surface area contributed by atoms with E-state index in [1.165, 1.54) is 0 Å². The summed E-state index contributed by atoms with van der Waals surface area (Å²) >= 11 is 5.90. The average Bonchev–Trinajstić information content (AvgIpc) is 2.34. The Morgan fingerprint density at radius 1 is 1.50 bits per heavy atom. The van der Waals surface area contributed by atoms with E-state index in [-0.39, 0.29) is 6.10 Å². The predicted molar refractivity (Wildman–Crippen MR) is 74.6 cm³/mol. The summed E-state index contributed by atoms with van der Waals surface area (Å²) in [5, 5.41) is 10.5. The van der Waals surface area contributed by atoms with Crippen LogP contribution in [0.1, 0.15) is 18.9 Å². The molecule has 0 spiro atoms. The van der Waals surface area contributed by atoms with E-state index in [1.54, 1.807) is 0 Å². The van der Waals surface area contributed by atoms with Gasteiger partial charge in [0.05, 0.1) is 12.6 Å². The van der Waals surface area contributed by atoms with E-state index in [1.807, 2.05) is 24.3 Å². The Labute approximate surface area is 114 Å². The summed E-state index contributed by atoms with van der Waals surface area (Å²) in [7, 11) is 0. The Morgan fingerprint density at radius 2 is 2.33 bits per heavy atom. The third-order valence-corrected chi connectivity index (χ3v) is 3.60. The third-order valence-electron chi connectivity index (χ3n) is 3.36. The number of aliphatic hydroxyl groups excluding tert-OH is 1. The largest absolute Gasteiger partial charge is 0.392 e. The van der Waals surface area contributed by atoms with Gasteiger partial charge in [-0.2, -0.15) is 0 Å². The molecule has 0 aromatic heterocycles. The molecule has 1 N–H and O–H groups in total. The highest BCUT2D eigenvalue weighted by Gasteiger charge is 2.23. The van der Waals surface area contributed by atoms with Gasteiger partial charge in [-0.3, -0.25) is 4.90 Å². The average molecular weight is 264 g/mol. The van der Waals surface area contributed by atoms with Crippen LogP contribution < -0.4 is 0 Å². The fraction of sp³-hybridized carbons (Fsp3) is 0.467. The zero-order valence-corrected chi connectivity index (χ0v) is 11.3. The first-order valence-corrected chi connectivity index (χ1v) is 6.68. The lowest BCUT2D eigenvalue weighted by molar-refractivity contribution is 0.0351. The van der Waals surface area contributed by atoms with Gasteiger partial charge >= 0.3 is 0 Å². The molecule has 0 aliphatic carbocycles. The lowest BCUT2D eigenvalue weighted by Gasteiger charge is -2.32. The van der Waals surface area contributed by atoms with Crippen molar-refractivity contribution in [1.29, 1.82) is 0 Å². The first-order chi connectivity index (χ1) is 8.65. The van der Waals surface area contributed by atoms with Crippen LogP contribution in [0.4, 0.5) is 0 Å². The smallest absolute Gasteiger partial charge is 0.0693 e. The van der Waals surface area contributed by atoms with Crippen molar-refractivity contribution < 1.29 is 5.11 Å². The second-order valence-corrected chi connectivity index (χ2v) is 5.32. The Hall–Kier alpha value is -1.01. The van der Waals surface area contributed by atoms with Gasteiger partial charge in [0, 0.05) is 17.1 Å². The molecule has 1 heterocycles. The number of β-amino-alcohol motifs (C(OH)–C–C–N with tert-alkyl or cyclic N) is 1. The molecule has 3 heteroatoms. The van der Waals surface area contributed by atoms with Crippen molar-refractivity contribution in [3.05, 3.63) is 34.9 Å². The number of rotatable bonds is 1. The normalized spacial score (nSPS) is 24.4. The number of halogens is 1. The minimum atomic E-state index is -0.216. The molecule has 2 unspecified atom stereocenters. The quantitative estimate of drug-likeness (QED) is 0.787. The van der Waals surface area contributed by atoms with Crippen molar-refractivity contribution in [2.45, 2.75) is 19.4 Å². The van der Waals surface area contributed by atoms with Crippen LogP contribution in [0.3, 0.4) is 0 Å². The first kappa shape index (κ1) is 13.4. The number of nitrogens with zero attached hydrogens (tertiary/aromatic N) is 1. The van der Waals surface area contributed by atoms with Gasteiger partial charge < -0.3 is 5.11 Å². The molecule has 2 atom stereocenters. The number of piperidine rings is 1. The van der Waals surface area contributed by atoms with Crippen molar-refractivity contribution in [3.63, 3.8) is 0 Å². The number of benzene rings is 1. The summed E-state index contributed by atoms with van der Waals surface area (Å²) < 4.78 is 0. The molecule has 1 fully saturated rings. The summed E-state index contributed by atoms with van der Waals surface area (Å²) in [6.07, 6.45) is 0.826. The number of likely N-dealkylation sites (tertiary alicyclic amines) is 1. The Morgan fingerprint density at radius 3 is 3.06 bits per heavy atom. The second kappa shape index (κ2) is 6.24.